The normalized spacial score (nSPS) is 12.7. The molecular formula is C34H38F3N3O8. The molecule has 0 bridgehead atoms. The number of nitrogens with zero attached hydrogens (tertiary/aromatic N) is 3. The molecule has 0 fully saturated rings. The Bertz CT molecular complexity index is 1840. The summed E-state index contributed by atoms with van der Waals surface area (Å²) in [6, 6.07) is 12.4. The third-order valence-corrected chi connectivity index (χ3v) is 7.06. The number of furan rings is 1. The maximum atomic E-state index is 14.0. The van der Waals surface area contributed by atoms with E-state index in [0.29, 0.717) is 10.9 Å². The largest absolute Gasteiger partial charge is 0.494 e. The van der Waals surface area contributed by atoms with E-state index in [2.05, 4.69) is 10.3 Å². The zero-order chi connectivity index (χ0) is 35.5. The summed E-state index contributed by atoms with van der Waals surface area (Å²) in [5, 5.41) is 8.71. The van der Waals surface area contributed by atoms with Crippen LogP contribution in [-0.4, -0.2) is 56.7 Å². The molecule has 2 heterocycles. The Morgan fingerprint density at radius 1 is 0.875 bits per heavy atom. The van der Waals surface area contributed by atoms with Crippen molar-refractivity contribution in [3.05, 3.63) is 64.6 Å². The number of carbonyl (C=O) groups is 3. The van der Waals surface area contributed by atoms with Gasteiger partial charge in [0, 0.05) is 24.8 Å². The van der Waals surface area contributed by atoms with Gasteiger partial charge < -0.3 is 18.6 Å². The van der Waals surface area contributed by atoms with Crippen LogP contribution in [0.3, 0.4) is 0 Å². The van der Waals surface area contributed by atoms with Gasteiger partial charge in [-0.1, -0.05) is 17.3 Å². The lowest BCUT2D eigenvalue weighted by Gasteiger charge is -2.34. The molecule has 2 aromatic carbocycles. The molecule has 4 aromatic rings. The second-order valence-electron chi connectivity index (χ2n) is 13.4. The fraction of sp³-hybridized carbons (Fsp3) is 0.471. The number of rotatable bonds is 12. The number of hydrogen-bond donors (Lipinski definition) is 0. The summed E-state index contributed by atoms with van der Waals surface area (Å²) in [5.41, 5.74) is -4.26. The fourth-order valence-electron chi connectivity index (χ4n) is 4.81. The molecular weight excluding hydrogens is 635 g/mol. The number of fused-ring (bicyclic) bond motifs is 2. The Kier molecular flexibility index (Phi) is 10.4. The molecule has 11 nitrogen and oxygen atoms in total. The van der Waals surface area contributed by atoms with Gasteiger partial charge in [-0.15, -0.1) is 5.10 Å². The van der Waals surface area contributed by atoms with E-state index >= 15 is 0 Å². The monoisotopic (exact) mass is 673 g/mol. The van der Waals surface area contributed by atoms with Crippen molar-refractivity contribution in [1.82, 2.24) is 15.0 Å². The van der Waals surface area contributed by atoms with Crippen LogP contribution in [0, 0.1) is 5.41 Å². The number of aryl methyl sites for hydroxylation is 1. The van der Waals surface area contributed by atoms with Gasteiger partial charge in [0.15, 0.2) is 17.0 Å². The first-order chi connectivity index (χ1) is 22.3. The van der Waals surface area contributed by atoms with E-state index in [0.717, 1.165) is 4.68 Å². The van der Waals surface area contributed by atoms with Gasteiger partial charge >= 0.3 is 18.1 Å². The van der Waals surface area contributed by atoms with Gasteiger partial charge in [0.25, 0.3) is 5.56 Å². The summed E-state index contributed by atoms with van der Waals surface area (Å²) in [6.07, 6.45) is -6.66. The summed E-state index contributed by atoms with van der Waals surface area (Å²) in [6.45, 7) is 9.16. The minimum absolute atomic E-state index is 0.173. The van der Waals surface area contributed by atoms with Crippen molar-refractivity contribution >= 4 is 39.6 Å². The van der Waals surface area contributed by atoms with Crippen molar-refractivity contribution in [2.75, 3.05) is 6.61 Å². The summed E-state index contributed by atoms with van der Waals surface area (Å²) < 4.78 is 61.0. The Morgan fingerprint density at radius 2 is 1.52 bits per heavy atom. The molecule has 0 unspecified atom stereocenters. The smallest absolute Gasteiger partial charge is 0.389 e. The summed E-state index contributed by atoms with van der Waals surface area (Å²) in [7, 11) is 0. The van der Waals surface area contributed by atoms with E-state index in [9.17, 15) is 32.3 Å². The van der Waals surface area contributed by atoms with Crippen molar-refractivity contribution in [2.24, 2.45) is 5.41 Å². The highest BCUT2D eigenvalue weighted by molar-refractivity contribution is 6.08. The topological polar surface area (TPSA) is 140 Å². The number of halogens is 3. The van der Waals surface area contributed by atoms with Gasteiger partial charge in [-0.3, -0.25) is 19.2 Å². The number of aromatic nitrogens is 3. The molecule has 4 rings (SSSR count). The first-order valence-corrected chi connectivity index (χ1v) is 15.3. The van der Waals surface area contributed by atoms with E-state index in [1.165, 1.54) is 24.3 Å². The third kappa shape index (κ3) is 9.20. The second-order valence-corrected chi connectivity index (χ2v) is 13.4. The molecule has 0 saturated heterocycles. The van der Waals surface area contributed by atoms with Gasteiger partial charge in [0.2, 0.25) is 0 Å². The van der Waals surface area contributed by atoms with Crippen LogP contribution in [0.25, 0.3) is 21.9 Å². The third-order valence-electron chi connectivity index (χ3n) is 7.06. The quantitative estimate of drug-likeness (QED) is 0.0700. The van der Waals surface area contributed by atoms with E-state index in [-0.39, 0.29) is 42.1 Å². The minimum atomic E-state index is -4.29. The minimum Gasteiger partial charge on any atom is -0.494 e. The predicted octanol–water partition coefficient (Wildman–Crippen LogP) is 6.59. The van der Waals surface area contributed by atoms with Crippen LogP contribution in [0.1, 0.15) is 77.8 Å². The number of Topliss-reactive ketones (excluding diaryl/α,β-unsaturated/α-hetero) is 1. The molecule has 0 N–H and O–H groups in total. The van der Waals surface area contributed by atoms with Crippen LogP contribution in [-0.2, 0) is 25.6 Å². The van der Waals surface area contributed by atoms with Crippen LogP contribution in [0.5, 0.6) is 5.75 Å². The SMILES string of the molecule is CC(C)(C)OC(=O)C(CCn1nnc2ccccc2c1=O)(CC(=O)c1cc2cc(OCCCC(F)(F)F)ccc2o1)C(=O)OC(C)(C)C. The number of ether oxygens (including phenoxy) is 3. The molecule has 2 aromatic heterocycles. The predicted molar refractivity (Wildman–Crippen MR) is 168 cm³/mol. The molecule has 0 aliphatic rings. The van der Waals surface area contributed by atoms with Crippen LogP contribution in [0.2, 0.25) is 0 Å². The number of carbonyl (C=O) groups excluding carboxylic acids is 3. The Hall–Kier alpha value is -4.75. The molecule has 0 amide bonds. The van der Waals surface area contributed by atoms with E-state index in [4.69, 9.17) is 18.6 Å². The molecule has 258 valence electrons. The summed E-state index contributed by atoms with van der Waals surface area (Å²) in [4.78, 5) is 55.1. The highest BCUT2D eigenvalue weighted by atomic mass is 19.4. The first-order valence-electron chi connectivity index (χ1n) is 15.3. The summed E-state index contributed by atoms with van der Waals surface area (Å²) in [5.74, 6) is -2.75. The molecule has 48 heavy (non-hydrogen) atoms. The number of hydrogen-bond acceptors (Lipinski definition) is 10. The van der Waals surface area contributed by atoms with Gasteiger partial charge in [-0.05, 0) is 90.8 Å². The van der Waals surface area contributed by atoms with E-state index < -0.39 is 65.3 Å². The van der Waals surface area contributed by atoms with Crippen molar-refractivity contribution in [3.63, 3.8) is 0 Å². The van der Waals surface area contributed by atoms with Crippen molar-refractivity contribution < 1.29 is 46.2 Å². The molecule has 0 aliphatic heterocycles. The average molecular weight is 674 g/mol. The lowest BCUT2D eigenvalue weighted by molar-refractivity contribution is -0.186. The zero-order valence-corrected chi connectivity index (χ0v) is 27.6. The van der Waals surface area contributed by atoms with Gasteiger partial charge in [-0.25, -0.2) is 4.68 Å². The number of esters is 2. The molecule has 0 spiro atoms. The van der Waals surface area contributed by atoms with Gasteiger partial charge in [0.1, 0.15) is 28.1 Å². The number of alkyl halides is 3. The molecule has 0 radical (unpaired) electrons. The van der Waals surface area contributed by atoms with Crippen LogP contribution >= 0.6 is 0 Å². The molecule has 0 saturated carbocycles. The highest BCUT2D eigenvalue weighted by Crippen LogP contribution is 2.37. The molecule has 0 aliphatic carbocycles. The second kappa shape index (κ2) is 13.8. The Balaban J connectivity index is 1.69. The highest BCUT2D eigenvalue weighted by Gasteiger charge is 2.53. The lowest BCUT2D eigenvalue weighted by Crippen LogP contribution is -2.49. The molecule has 0 atom stereocenters. The van der Waals surface area contributed by atoms with Crippen LogP contribution in [0.15, 0.2) is 57.7 Å². The fourth-order valence-corrected chi connectivity index (χ4v) is 4.81. The lowest BCUT2D eigenvalue weighted by atomic mass is 9.78. The maximum absolute atomic E-state index is 14.0. The van der Waals surface area contributed by atoms with Crippen molar-refractivity contribution in [2.45, 2.75) is 91.1 Å². The standard InChI is InChI=1S/C34H38F3N3O8/c1-31(2,3)47-29(43)33(30(44)48-32(4,5)6,15-16-40-28(42)23-10-7-8-11-24(23)38-39-40)20-25(41)27-19-21-18-22(12-13-26(21)46-27)45-17-9-14-34(35,36)37/h7-8,10-13,18-19H,9,14-17,20H2,1-6H3. The Labute approximate surface area is 274 Å². The van der Waals surface area contributed by atoms with Crippen molar-refractivity contribution in [1.29, 1.82) is 0 Å². The molecule has 14 heteroatoms. The zero-order valence-electron chi connectivity index (χ0n) is 27.6. The van der Waals surface area contributed by atoms with Crippen LogP contribution in [0.4, 0.5) is 13.2 Å². The van der Waals surface area contributed by atoms with Gasteiger partial charge in [-0.2, -0.15) is 13.2 Å². The van der Waals surface area contributed by atoms with Crippen LogP contribution < -0.4 is 10.3 Å². The summed E-state index contributed by atoms with van der Waals surface area (Å²) >= 11 is 0. The van der Waals surface area contributed by atoms with Crippen molar-refractivity contribution in [3.8, 4) is 5.75 Å². The first kappa shape index (κ1) is 36.1. The van der Waals surface area contributed by atoms with Gasteiger partial charge in [0.05, 0.1) is 12.0 Å². The van der Waals surface area contributed by atoms with E-state index in [1.807, 2.05) is 0 Å². The number of ketones is 1. The van der Waals surface area contributed by atoms with E-state index in [1.54, 1.807) is 65.8 Å². The number of benzene rings is 2. The average Bonchev–Trinajstić information content (AvgIpc) is 3.40. The Morgan fingerprint density at radius 3 is 2.15 bits per heavy atom. The maximum Gasteiger partial charge on any atom is 0.389 e.